The maximum atomic E-state index is 11.8. The first-order valence-corrected chi connectivity index (χ1v) is 6.51. The smallest absolute Gasteiger partial charge is 0.357 e. The van der Waals surface area contributed by atoms with E-state index >= 15 is 0 Å². The van der Waals surface area contributed by atoms with E-state index in [2.05, 4.69) is 11.6 Å². The van der Waals surface area contributed by atoms with Crippen LogP contribution in [0, 0.1) is 5.92 Å². The largest absolute Gasteiger partial charge is 0.461 e. The molecule has 1 atom stereocenters. The fourth-order valence-corrected chi connectivity index (χ4v) is 2.58. The van der Waals surface area contributed by atoms with Crippen LogP contribution in [-0.4, -0.2) is 17.6 Å². The molecule has 0 spiro atoms. The van der Waals surface area contributed by atoms with Crippen LogP contribution in [0.15, 0.2) is 24.9 Å². The van der Waals surface area contributed by atoms with E-state index in [9.17, 15) is 4.79 Å². The van der Waals surface area contributed by atoms with Crippen LogP contribution in [-0.2, 0) is 17.6 Å². The molecule has 1 heterocycles. The third-order valence-corrected chi connectivity index (χ3v) is 3.43. The van der Waals surface area contributed by atoms with Crippen LogP contribution in [0.25, 0.3) is 0 Å². The summed E-state index contributed by atoms with van der Waals surface area (Å²) in [5, 5.41) is 0. The molecule has 0 aliphatic heterocycles. The summed E-state index contributed by atoms with van der Waals surface area (Å²) in [4.78, 5) is 16.0. The maximum absolute atomic E-state index is 11.8. The minimum atomic E-state index is -0.295. The molecule has 0 aromatic carbocycles. The Labute approximate surface area is 108 Å². The number of carbonyl (C=O) groups is 1. The molecule has 0 saturated heterocycles. The number of esters is 1. The summed E-state index contributed by atoms with van der Waals surface area (Å²) in [6.45, 7) is 6.00. The molecule has 2 rings (SSSR count). The van der Waals surface area contributed by atoms with E-state index in [1.54, 1.807) is 6.20 Å². The highest BCUT2D eigenvalue weighted by molar-refractivity contribution is 5.89. The quantitative estimate of drug-likeness (QED) is 0.604. The molecular weight excluding hydrogens is 226 g/mol. The highest BCUT2D eigenvalue weighted by atomic mass is 16.5. The number of nitrogens with zero attached hydrogens (tertiary/aromatic N) is 1. The topological polar surface area (TPSA) is 39.2 Å². The molecular formula is C15H19NO2. The van der Waals surface area contributed by atoms with E-state index in [-0.39, 0.29) is 5.97 Å². The second-order valence-electron chi connectivity index (χ2n) is 4.65. The fourth-order valence-electron chi connectivity index (χ4n) is 2.58. The van der Waals surface area contributed by atoms with Crippen LogP contribution >= 0.6 is 0 Å². The number of pyridine rings is 1. The molecule has 1 aliphatic carbocycles. The van der Waals surface area contributed by atoms with Crippen LogP contribution in [0.1, 0.15) is 41.4 Å². The molecule has 0 saturated carbocycles. The van der Waals surface area contributed by atoms with Gasteiger partial charge >= 0.3 is 5.97 Å². The monoisotopic (exact) mass is 245 g/mol. The Morgan fingerprint density at radius 2 is 2.50 bits per heavy atom. The minimum Gasteiger partial charge on any atom is -0.461 e. The van der Waals surface area contributed by atoms with Crippen molar-refractivity contribution < 1.29 is 9.53 Å². The van der Waals surface area contributed by atoms with Crippen LogP contribution in [0.2, 0.25) is 0 Å². The summed E-state index contributed by atoms with van der Waals surface area (Å²) >= 11 is 0. The molecule has 96 valence electrons. The highest BCUT2D eigenvalue weighted by Gasteiger charge is 2.23. The van der Waals surface area contributed by atoms with Gasteiger partial charge in [0.05, 0.1) is 6.61 Å². The van der Waals surface area contributed by atoms with Crippen molar-refractivity contribution in [2.24, 2.45) is 5.92 Å². The molecule has 3 heteroatoms. The van der Waals surface area contributed by atoms with Crippen molar-refractivity contribution in [3.05, 3.63) is 41.7 Å². The summed E-state index contributed by atoms with van der Waals surface area (Å²) in [5.41, 5.74) is 2.83. The van der Waals surface area contributed by atoms with E-state index in [4.69, 9.17) is 4.74 Å². The van der Waals surface area contributed by atoms with E-state index in [1.165, 1.54) is 5.56 Å². The molecule has 3 nitrogen and oxygen atoms in total. The zero-order valence-corrected chi connectivity index (χ0v) is 10.8. The lowest BCUT2D eigenvalue weighted by atomic mass is 9.82. The first-order valence-electron chi connectivity index (χ1n) is 6.51. The standard InChI is InChI=1S/C15H19NO2/c1-3-5-11-6-7-13-12(10-11)8-9-16-14(13)15(17)18-4-2/h3,8-9,11H,1,4-7,10H2,2H3. The Morgan fingerprint density at radius 3 is 3.22 bits per heavy atom. The van der Waals surface area contributed by atoms with Gasteiger partial charge in [0, 0.05) is 6.20 Å². The van der Waals surface area contributed by atoms with Gasteiger partial charge in [-0.3, -0.25) is 0 Å². The average Bonchev–Trinajstić information content (AvgIpc) is 2.38. The second-order valence-corrected chi connectivity index (χ2v) is 4.65. The highest BCUT2D eigenvalue weighted by Crippen LogP contribution is 2.29. The van der Waals surface area contributed by atoms with Gasteiger partial charge in [-0.1, -0.05) is 6.08 Å². The lowest BCUT2D eigenvalue weighted by Crippen LogP contribution is -2.19. The predicted octanol–water partition coefficient (Wildman–Crippen LogP) is 2.94. The Kier molecular flexibility index (Phi) is 4.13. The number of hydrogen-bond donors (Lipinski definition) is 0. The second kappa shape index (κ2) is 5.80. The van der Waals surface area contributed by atoms with E-state index in [0.717, 1.165) is 31.2 Å². The van der Waals surface area contributed by atoms with Crippen molar-refractivity contribution >= 4 is 5.97 Å². The third-order valence-electron chi connectivity index (χ3n) is 3.43. The Hall–Kier alpha value is -1.64. The van der Waals surface area contributed by atoms with Gasteiger partial charge in [-0.25, -0.2) is 9.78 Å². The van der Waals surface area contributed by atoms with Gasteiger partial charge in [0.15, 0.2) is 5.69 Å². The first-order chi connectivity index (χ1) is 8.76. The summed E-state index contributed by atoms with van der Waals surface area (Å²) in [6, 6.07) is 2.02. The van der Waals surface area contributed by atoms with Crippen molar-refractivity contribution in [3.8, 4) is 0 Å². The SMILES string of the molecule is C=CCC1CCc2c(ccnc2C(=O)OCC)C1. The van der Waals surface area contributed by atoms with Crippen LogP contribution in [0.4, 0.5) is 0 Å². The molecule has 0 amide bonds. The van der Waals surface area contributed by atoms with Gasteiger partial charge in [-0.15, -0.1) is 6.58 Å². The van der Waals surface area contributed by atoms with Gasteiger partial charge in [0.1, 0.15) is 0 Å². The van der Waals surface area contributed by atoms with Crippen LogP contribution < -0.4 is 0 Å². The minimum absolute atomic E-state index is 0.295. The maximum Gasteiger partial charge on any atom is 0.357 e. The Morgan fingerprint density at radius 1 is 1.67 bits per heavy atom. The van der Waals surface area contributed by atoms with Gasteiger partial charge in [-0.05, 0) is 55.7 Å². The molecule has 0 radical (unpaired) electrons. The predicted molar refractivity (Wildman–Crippen MR) is 70.5 cm³/mol. The zero-order valence-electron chi connectivity index (χ0n) is 10.8. The van der Waals surface area contributed by atoms with Crippen molar-refractivity contribution in [3.63, 3.8) is 0 Å². The Bertz CT molecular complexity index is 454. The van der Waals surface area contributed by atoms with E-state index in [1.807, 2.05) is 19.1 Å². The molecule has 0 fully saturated rings. The number of carbonyl (C=O) groups excluding carboxylic acids is 1. The fraction of sp³-hybridized carbons (Fsp3) is 0.467. The number of ether oxygens (including phenoxy) is 1. The zero-order chi connectivity index (χ0) is 13.0. The van der Waals surface area contributed by atoms with Crippen molar-refractivity contribution in [1.82, 2.24) is 4.98 Å². The number of allylic oxidation sites excluding steroid dienone is 1. The molecule has 1 aliphatic rings. The molecule has 0 N–H and O–H groups in total. The number of rotatable bonds is 4. The number of aromatic nitrogens is 1. The lowest BCUT2D eigenvalue weighted by molar-refractivity contribution is 0.0517. The van der Waals surface area contributed by atoms with Gasteiger partial charge < -0.3 is 4.74 Å². The van der Waals surface area contributed by atoms with Crippen molar-refractivity contribution in [2.45, 2.75) is 32.6 Å². The van der Waals surface area contributed by atoms with E-state index in [0.29, 0.717) is 18.2 Å². The number of hydrogen-bond acceptors (Lipinski definition) is 3. The first kappa shape index (κ1) is 12.8. The summed E-state index contributed by atoms with van der Waals surface area (Å²) < 4.78 is 5.05. The van der Waals surface area contributed by atoms with Crippen LogP contribution in [0.5, 0.6) is 0 Å². The van der Waals surface area contributed by atoms with Gasteiger partial charge in [0.2, 0.25) is 0 Å². The average molecular weight is 245 g/mol. The van der Waals surface area contributed by atoms with Crippen molar-refractivity contribution in [1.29, 1.82) is 0 Å². The molecule has 1 aromatic heterocycles. The normalized spacial score (nSPS) is 17.9. The molecule has 18 heavy (non-hydrogen) atoms. The number of fused-ring (bicyclic) bond motifs is 1. The summed E-state index contributed by atoms with van der Waals surface area (Å²) in [7, 11) is 0. The molecule has 0 bridgehead atoms. The van der Waals surface area contributed by atoms with Crippen molar-refractivity contribution in [2.75, 3.05) is 6.61 Å². The summed E-state index contributed by atoms with van der Waals surface area (Å²) in [6.07, 6.45) is 7.74. The molecule has 1 aromatic rings. The summed E-state index contributed by atoms with van der Waals surface area (Å²) in [5.74, 6) is 0.351. The van der Waals surface area contributed by atoms with Gasteiger partial charge in [-0.2, -0.15) is 0 Å². The molecule has 1 unspecified atom stereocenters. The van der Waals surface area contributed by atoms with Gasteiger partial charge in [0.25, 0.3) is 0 Å². The lowest BCUT2D eigenvalue weighted by Gasteiger charge is -2.24. The van der Waals surface area contributed by atoms with E-state index < -0.39 is 0 Å². The van der Waals surface area contributed by atoms with Crippen LogP contribution in [0.3, 0.4) is 0 Å². The third kappa shape index (κ3) is 2.61. The Balaban J connectivity index is 2.24.